The van der Waals surface area contributed by atoms with Crippen molar-refractivity contribution >= 4 is 16.9 Å². The number of rotatable bonds is 5. The van der Waals surface area contributed by atoms with E-state index < -0.39 is 0 Å². The maximum absolute atomic E-state index is 6.24. The smallest absolute Gasteiger partial charge is 0.168 e. The van der Waals surface area contributed by atoms with Gasteiger partial charge in [-0.05, 0) is 39.7 Å². The summed E-state index contributed by atoms with van der Waals surface area (Å²) in [6, 6.07) is 0. The quantitative estimate of drug-likeness (QED) is 0.578. The van der Waals surface area contributed by atoms with Gasteiger partial charge < -0.3 is 15.7 Å². The summed E-state index contributed by atoms with van der Waals surface area (Å²) >= 11 is 0. The van der Waals surface area contributed by atoms with Crippen LogP contribution in [0.1, 0.15) is 44.3 Å². The Morgan fingerprint density at radius 3 is 2.43 bits per heavy atom. The number of aryl methyl sites for hydroxylation is 3. The molecule has 5 N–H and O–H groups in total. The first-order valence-corrected chi connectivity index (χ1v) is 7.40. The number of hydrogen-bond donors (Lipinski definition) is 3. The first-order chi connectivity index (χ1) is 9.78. The molecule has 0 saturated carbocycles. The molecule has 0 fully saturated rings. The SMILES string of the molecule is CCCc1nc2c(NN)nc(C)c(C)c2n1CC(C)(C)N. The van der Waals surface area contributed by atoms with E-state index in [1.165, 1.54) is 0 Å². The lowest BCUT2D eigenvalue weighted by molar-refractivity contribution is 0.430. The summed E-state index contributed by atoms with van der Waals surface area (Å²) in [5, 5.41) is 0. The number of nitrogens with two attached hydrogens (primary N) is 2. The minimum absolute atomic E-state index is 0.309. The highest BCUT2D eigenvalue weighted by atomic mass is 15.3. The molecular formula is C15H26N6. The van der Waals surface area contributed by atoms with E-state index in [0.717, 1.165) is 41.0 Å². The van der Waals surface area contributed by atoms with E-state index in [2.05, 4.69) is 28.8 Å². The molecule has 0 radical (unpaired) electrons. The number of anilines is 1. The van der Waals surface area contributed by atoms with Crippen molar-refractivity contribution in [3.8, 4) is 0 Å². The Labute approximate surface area is 125 Å². The highest BCUT2D eigenvalue weighted by Crippen LogP contribution is 2.28. The molecule has 6 nitrogen and oxygen atoms in total. The molecular weight excluding hydrogens is 264 g/mol. The van der Waals surface area contributed by atoms with Gasteiger partial charge in [0.15, 0.2) is 5.82 Å². The van der Waals surface area contributed by atoms with E-state index in [1.807, 2.05) is 20.8 Å². The van der Waals surface area contributed by atoms with Gasteiger partial charge in [-0.2, -0.15) is 0 Å². The van der Waals surface area contributed by atoms with Crippen molar-refractivity contribution in [2.75, 3.05) is 5.43 Å². The standard InChI is InChI=1S/C15H26N6/c1-6-7-11-19-12-13(21(11)8-15(4,5)16)9(2)10(3)18-14(12)20-17/h6-8,16-17H2,1-5H3,(H,18,20). The fraction of sp³-hybridized carbons (Fsp3) is 0.600. The molecule has 6 heteroatoms. The van der Waals surface area contributed by atoms with E-state index in [4.69, 9.17) is 16.6 Å². The van der Waals surface area contributed by atoms with Gasteiger partial charge in [-0.25, -0.2) is 15.8 Å². The Hall–Kier alpha value is -1.66. The summed E-state index contributed by atoms with van der Waals surface area (Å²) in [7, 11) is 0. The number of hydrogen-bond acceptors (Lipinski definition) is 5. The molecule has 0 aliphatic carbocycles. The minimum atomic E-state index is -0.309. The zero-order valence-electron chi connectivity index (χ0n) is 13.6. The second-order valence-electron chi connectivity index (χ2n) is 6.37. The van der Waals surface area contributed by atoms with Gasteiger partial charge in [0.25, 0.3) is 0 Å². The zero-order valence-corrected chi connectivity index (χ0v) is 13.6. The number of nitrogen functional groups attached to an aromatic ring is 1. The van der Waals surface area contributed by atoms with Crippen LogP contribution in [0.2, 0.25) is 0 Å². The van der Waals surface area contributed by atoms with Crippen molar-refractivity contribution < 1.29 is 0 Å². The molecule has 2 rings (SSSR count). The first-order valence-electron chi connectivity index (χ1n) is 7.40. The third kappa shape index (κ3) is 3.01. The van der Waals surface area contributed by atoms with Crippen molar-refractivity contribution in [1.29, 1.82) is 0 Å². The molecule has 0 unspecified atom stereocenters. The third-order valence-corrected chi connectivity index (χ3v) is 3.62. The minimum Gasteiger partial charge on any atom is -0.326 e. The second kappa shape index (κ2) is 5.61. The summed E-state index contributed by atoms with van der Waals surface area (Å²) < 4.78 is 2.23. The number of nitrogens with one attached hydrogen (secondary N) is 1. The van der Waals surface area contributed by atoms with Crippen molar-refractivity contribution in [3.63, 3.8) is 0 Å². The highest BCUT2D eigenvalue weighted by Gasteiger charge is 2.21. The van der Waals surface area contributed by atoms with Crippen LogP contribution in [0.15, 0.2) is 0 Å². The fourth-order valence-corrected chi connectivity index (χ4v) is 2.61. The van der Waals surface area contributed by atoms with Gasteiger partial charge in [0.1, 0.15) is 11.3 Å². The van der Waals surface area contributed by atoms with Crippen LogP contribution in [-0.2, 0) is 13.0 Å². The van der Waals surface area contributed by atoms with Gasteiger partial charge >= 0.3 is 0 Å². The first kappa shape index (κ1) is 15.7. The maximum Gasteiger partial charge on any atom is 0.168 e. The summed E-state index contributed by atoms with van der Waals surface area (Å²) in [4.78, 5) is 9.25. The number of pyridine rings is 1. The Bertz CT molecular complexity index is 650. The monoisotopic (exact) mass is 290 g/mol. The van der Waals surface area contributed by atoms with Crippen LogP contribution in [-0.4, -0.2) is 20.1 Å². The van der Waals surface area contributed by atoms with Crippen LogP contribution < -0.4 is 17.0 Å². The van der Waals surface area contributed by atoms with Crippen molar-refractivity contribution in [2.45, 2.75) is 59.5 Å². The zero-order chi connectivity index (χ0) is 15.8. The molecule has 0 saturated heterocycles. The van der Waals surface area contributed by atoms with Crippen LogP contribution in [0.25, 0.3) is 11.0 Å². The van der Waals surface area contributed by atoms with Crippen molar-refractivity contribution in [1.82, 2.24) is 14.5 Å². The van der Waals surface area contributed by atoms with Gasteiger partial charge in [-0.3, -0.25) is 0 Å². The highest BCUT2D eigenvalue weighted by molar-refractivity contribution is 5.89. The Kier molecular flexibility index (Phi) is 4.20. The molecule has 0 atom stereocenters. The molecule has 0 aliphatic heterocycles. The largest absolute Gasteiger partial charge is 0.326 e. The normalized spacial score (nSPS) is 12.1. The molecule has 0 bridgehead atoms. The van der Waals surface area contributed by atoms with Gasteiger partial charge in [0.2, 0.25) is 0 Å². The molecule has 2 aromatic rings. The van der Waals surface area contributed by atoms with Gasteiger partial charge in [-0.15, -0.1) is 0 Å². The number of nitrogens with zero attached hydrogens (tertiary/aromatic N) is 3. The third-order valence-electron chi connectivity index (χ3n) is 3.62. The van der Waals surface area contributed by atoms with Crippen LogP contribution in [0.3, 0.4) is 0 Å². The predicted octanol–water partition coefficient (Wildman–Crippen LogP) is 2.02. The summed E-state index contributed by atoms with van der Waals surface area (Å²) in [6.07, 6.45) is 1.94. The predicted molar refractivity (Wildman–Crippen MR) is 87.1 cm³/mol. The van der Waals surface area contributed by atoms with E-state index in [1.54, 1.807) is 0 Å². The topological polar surface area (TPSA) is 94.8 Å². The molecule has 0 spiro atoms. The second-order valence-corrected chi connectivity index (χ2v) is 6.37. The molecule has 2 aromatic heterocycles. The number of hydrazine groups is 1. The Morgan fingerprint density at radius 1 is 1.24 bits per heavy atom. The molecule has 21 heavy (non-hydrogen) atoms. The molecule has 0 aromatic carbocycles. The Morgan fingerprint density at radius 2 is 1.90 bits per heavy atom. The fourth-order valence-electron chi connectivity index (χ4n) is 2.61. The lowest BCUT2D eigenvalue weighted by atomic mass is 10.1. The van der Waals surface area contributed by atoms with Gasteiger partial charge in [0, 0.05) is 24.2 Å². The molecule has 0 aliphatic rings. The lowest BCUT2D eigenvalue weighted by Crippen LogP contribution is -2.37. The van der Waals surface area contributed by atoms with E-state index in [0.29, 0.717) is 12.4 Å². The van der Waals surface area contributed by atoms with E-state index >= 15 is 0 Å². The summed E-state index contributed by atoms with van der Waals surface area (Å²) in [5.41, 5.74) is 12.6. The maximum atomic E-state index is 6.24. The van der Waals surface area contributed by atoms with Crippen LogP contribution in [0.5, 0.6) is 0 Å². The number of fused-ring (bicyclic) bond motifs is 1. The average molecular weight is 290 g/mol. The van der Waals surface area contributed by atoms with Crippen LogP contribution in [0, 0.1) is 13.8 Å². The molecule has 2 heterocycles. The summed E-state index contributed by atoms with van der Waals surface area (Å²) in [5.74, 6) is 7.27. The van der Waals surface area contributed by atoms with E-state index in [-0.39, 0.29) is 5.54 Å². The molecule has 0 amide bonds. The van der Waals surface area contributed by atoms with Crippen LogP contribution in [0.4, 0.5) is 5.82 Å². The van der Waals surface area contributed by atoms with Crippen LogP contribution >= 0.6 is 0 Å². The lowest BCUT2D eigenvalue weighted by Gasteiger charge is -2.22. The Balaban J connectivity index is 2.78. The average Bonchev–Trinajstić information content (AvgIpc) is 2.71. The van der Waals surface area contributed by atoms with Crippen molar-refractivity contribution in [3.05, 3.63) is 17.1 Å². The number of imidazole rings is 1. The summed E-state index contributed by atoms with van der Waals surface area (Å²) in [6.45, 7) is 11.0. The van der Waals surface area contributed by atoms with Gasteiger partial charge in [0.05, 0.1) is 5.52 Å². The van der Waals surface area contributed by atoms with E-state index in [9.17, 15) is 0 Å². The number of aromatic nitrogens is 3. The van der Waals surface area contributed by atoms with Crippen molar-refractivity contribution in [2.24, 2.45) is 11.6 Å². The molecule has 116 valence electrons. The van der Waals surface area contributed by atoms with Gasteiger partial charge in [-0.1, -0.05) is 6.92 Å².